The maximum atomic E-state index is 6.23. The van der Waals surface area contributed by atoms with E-state index in [1.807, 2.05) is 50.2 Å². The number of furan rings is 1. The minimum Gasteiger partial charge on any atom is -0.496 e. The Hall–Kier alpha value is -2.91. The van der Waals surface area contributed by atoms with E-state index in [0.717, 1.165) is 55.4 Å². The van der Waals surface area contributed by atoms with E-state index in [4.69, 9.17) is 20.8 Å². The first-order valence-corrected chi connectivity index (χ1v) is 9.60. The van der Waals surface area contributed by atoms with Crippen molar-refractivity contribution in [3.05, 3.63) is 82.6 Å². The fourth-order valence-electron chi connectivity index (χ4n) is 3.57. The molecule has 0 atom stereocenters. The normalized spacial score (nSPS) is 11.0. The Kier molecular flexibility index (Phi) is 5.01. The molecular formula is C24H22ClNO2. The Balaban J connectivity index is 1.73. The van der Waals surface area contributed by atoms with Gasteiger partial charge < -0.3 is 14.5 Å². The van der Waals surface area contributed by atoms with Gasteiger partial charge >= 0.3 is 0 Å². The third kappa shape index (κ3) is 3.34. The maximum absolute atomic E-state index is 6.23. The number of aryl methyl sites for hydroxylation is 1. The van der Waals surface area contributed by atoms with Crippen molar-refractivity contribution in [1.29, 1.82) is 0 Å². The third-order valence-electron chi connectivity index (χ3n) is 5.07. The van der Waals surface area contributed by atoms with Crippen molar-refractivity contribution < 1.29 is 9.15 Å². The van der Waals surface area contributed by atoms with Crippen LogP contribution in [0.3, 0.4) is 0 Å². The number of hydrogen-bond acceptors (Lipinski definition) is 3. The summed E-state index contributed by atoms with van der Waals surface area (Å²) in [6.07, 6.45) is 0. The highest BCUT2D eigenvalue weighted by Gasteiger charge is 2.16. The summed E-state index contributed by atoms with van der Waals surface area (Å²) in [5.41, 5.74) is 6.18. The van der Waals surface area contributed by atoms with Gasteiger partial charge in [-0.3, -0.25) is 0 Å². The number of anilines is 1. The fraction of sp³-hybridized carbons (Fsp3) is 0.167. The molecule has 0 radical (unpaired) electrons. The summed E-state index contributed by atoms with van der Waals surface area (Å²) >= 11 is 6.23. The second kappa shape index (κ2) is 7.61. The lowest BCUT2D eigenvalue weighted by molar-refractivity contribution is 0.410. The largest absolute Gasteiger partial charge is 0.496 e. The van der Waals surface area contributed by atoms with Crippen LogP contribution in [0.5, 0.6) is 5.75 Å². The molecule has 4 heteroatoms. The monoisotopic (exact) mass is 391 g/mol. The summed E-state index contributed by atoms with van der Waals surface area (Å²) in [4.78, 5) is 0. The maximum Gasteiger partial charge on any atom is 0.135 e. The van der Waals surface area contributed by atoms with Crippen LogP contribution in [-0.2, 0) is 6.54 Å². The van der Waals surface area contributed by atoms with Gasteiger partial charge in [-0.15, -0.1) is 0 Å². The number of benzene rings is 3. The molecule has 1 N–H and O–H groups in total. The van der Waals surface area contributed by atoms with Crippen LogP contribution in [0.15, 0.2) is 65.1 Å². The van der Waals surface area contributed by atoms with E-state index in [1.54, 1.807) is 7.11 Å². The van der Waals surface area contributed by atoms with Crippen molar-refractivity contribution in [2.45, 2.75) is 20.4 Å². The average Bonchev–Trinajstić information content (AvgIpc) is 3.03. The molecule has 142 valence electrons. The van der Waals surface area contributed by atoms with Gasteiger partial charge in [0.15, 0.2) is 0 Å². The predicted octanol–water partition coefficient (Wildman–Crippen LogP) is 6.99. The molecule has 3 nitrogen and oxygen atoms in total. The number of ether oxygens (including phenoxy) is 1. The fourth-order valence-corrected chi connectivity index (χ4v) is 3.74. The Bertz CT molecular complexity index is 1130. The molecule has 28 heavy (non-hydrogen) atoms. The smallest absolute Gasteiger partial charge is 0.135 e. The first kappa shape index (κ1) is 18.5. The number of halogens is 1. The SMILES string of the molecule is COc1cc2c(-c3ccccc3)c(C)oc2cc1CNc1cccc(Cl)c1C. The molecule has 4 rings (SSSR count). The van der Waals surface area contributed by atoms with Gasteiger partial charge in [-0.05, 0) is 49.2 Å². The Labute approximate surface area is 169 Å². The summed E-state index contributed by atoms with van der Waals surface area (Å²) in [5, 5.41) is 5.27. The van der Waals surface area contributed by atoms with E-state index in [9.17, 15) is 0 Å². The Morgan fingerprint density at radius 2 is 1.79 bits per heavy atom. The van der Waals surface area contributed by atoms with Crippen LogP contribution >= 0.6 is 11.6 Å². The second-order valence-corrected chi connectivity index (χ2v) is 7.23. The second-order valence-electron chi connectivity index (χ2n) is 6.83. The number of hydrogen-bond donors (Lipinski definition) is 1. The summed E-state index contributed by atoms with van der Waals surface area (Å²) in [7, 11) is 1.70. The number of methoxy groups -OCH3 is 1. The van der Waals surface area contributed by atoms with Gasteiger partial charge in [0.05, 0.1) is 7.11 Å². The van der Waals surface area contributed by atoms with Gasteiger partial charge in [0.25, 0.3) is 0 Å². The Morgan fingerprint density at radius 1 is 1.00 bits per heavy atom. The first-order valence-electron chi connectivity index (χ1n) is 9.23. The van der Waals surface area contributed by atoms with Crippen LogP contribution in [0.4, 0.5) is 5.69 Å². The lowest BCUT2D eigenvalue weighted by atomic mass is 10.0. The van der Waals surface area contributed by atoms with Gasteiger partial charge in [0.1, 0.15) is 17.1 Å². The van der Waals surface area contributed by atoms with E-state index >= 15 is 0 Å². The van der Waals surface area contributed by atoms with E-state index in [2.05, 4.69) is 29.6 Å². The van der Waals surface area contributed by atoms with E-state index < -0.39 is 0 Å². The summed E-state index contributed by atoms with van der Waals surface area (Å²) in [6.45, 7) is 4.62. The van der Waals surface area contributed by atoms with Crippen molar-refractivity contribution in [2.24, 2.45) is 0 Å². The molecule has 1 heterocycles. The van der Waals surface area contributed by atoms with Crippen molar-refractivity contribution >= 4 is 28.3 Å². The molecule has 3 aromatic carbocycles. The van der Waals surface area contributed by atoms with Crippen molar-refractivity contribution in [3.63, 3.8) is 0 Å². The molecule has 0 saturated heterocycles. The first-order chi connectivity index (χ1) is 13.6. The Morgan fingerprint density at radius 3 is 2.54 bits per heavy atom. The van der Waals surface area contributed by atoms with Crippen molar-refractivity contribution in [3.8, 4) is 16.9 Å². The van der Waals surface area contributed by atoms with Gasteiger partial charge in [-0.1, -0.05) is 48.0 Å². The highest BCUT2D eigenvalue weighted by Crippen LogP contribution is 2.38. The van der Waals surface area contributed by atoms with E-state index in [1.165, 1.54) is 0 Å². The standard InChI is InChI=1S/C24H22ClNO2/c1-15-20(25)10-7-11-21(15)26-14-18-12-23-19(13-22(18)27-3)24(16(2)28-23)17-8-5-4-6-9-17/h4-13,26H,14H2,1-3H3. The summed E-state index contributed by atoms with van der Waals surface area (Å²) in [6, 6.07) is 20.3. The minimum absolute atomic E-state index is 0.612. The summed E-state index contributed by atoms with van der Waals surface area (Å²) < 4.78 is 11.8. The van der Waals surface area contributed by atoms with Crippen LogP contribution in [-0.4, -0.2) is 7.11 Å². The molecule has 0 amide bonds. The molecule has 4 aromatic rings. The molecule has 0 fully saturated rings. The van der Waals surface area contributed by atoms with Gasteiger partial charge in [0.2, 0.25) is 0 Å². The van der Waals surface area contributed by atoms with Crippen molar-refractivity contribution in [2.75, 3.05) is 12.4 Å². The van der Waals surface area contributed by atoms with Crippen LogP contribution in [0.2, 0.25) is 5.02 Å². The third-order valence-corrected chi connectivity index (χ3v) is 5.48. The number of nitrogens with one attached hydrogen (secondary N) is 1. The molecule has 0 aliphatic rings. The molecule has 0 spiro atoms. The molecule has 1 aromatic heterocycles. The van der Waals surface area contributed by atoms with Gasteiger partial charge in [-0.25, -0.2) is 0 Å². The average molecular weight is 392 g/mol. The van der Waals surface area contributed by atoms with Crippen LogP contribution < -0.4 is 10.1 Å². The highest BCUT2D eigenvalue weighted by atomic mass is 35.5. The zero-order valence-corrected chi connectivity index (χ0v) is 16.9. The molecule has 0 saturated carbocycles. The lowest BCUT2D eigenvalue weighted by Crippen LogP contribution is -2.03. The van der Waals surface area contributed by atoms with Crippen LogP contribution in [0.25, 0.3) is 22.1 Å². The van der Waals surface area contributed by atoms with E-state index in [-0.39, 0.29) is 0 Å². The van der Waals surface area contributed by atoms with Crippen LogP contribution in [0, 0.1) is 13.8 Å². The molecule has 0 aliphatic heterocycles. The topological polar surface area (TPSA) is 34.4 Å². The molecule has 0 bridgehead atoms. The summed E-state index contributed by atoms with van der Waals surface area (Å²) in [5.74, 6) is 1.73. The minimum atomic E-state index is 0.612. The molecule has 0 aliphatic carbocycles. The van der Waals surface area contributed by atoms with E-state index in [0.29, 0.717) is 6.54 Å². The number of fused-ring (bicyclic) bond motifs is 1. The predicted molar refractivity (Wildman–Crippen MR) is 116 cm³/mol. The zero-order chi connectivity index (χ0) is 19.7. The van der Waals surface area contributed by atoms with Crippen LogP contribution in [0.1, 0.15) is 16.9 Å². The highest BCUT2D eigenvalue weighted by molar-refractivity contribution is 6.31. The molecular weight excluding hydrogens is 370 g/mol. The number of rotatable bonds is 5. The quantitative estimate of drug-likeness (QED) is 0.398. The van der Waals surface area contributed by atoms with Gasteiger partial charge in [-0.2, -0.15) is 0 Å². The molecule has 0 unspecified atom stereocenters. The van der Waals surface area contributed by atoms with Crippen molar-refractivity contribution in [1.82, 2.24) is 0 Å². The lowest BCUT2D eigenvalue weighted by Gasteiger charge is -2.13. The van der Waals surface area contributed by atoms with Gasteiger partial charge in [0, 0.05) is 33.8 Å². The zero-order valence-electron chi connectivity index (χ0n) is 16.2.